The second kappa shape index (κ2) is 7.60. The highest BCUT2D eigenvalue weighted by molar-refractivity contribution is 5.79. The molecule has 0 N–H and O–H groups in total. The van der Waals surface area contributed by atoms with Gasteiger partial charge in [-0.3, -0.25) is 4.79 Å². The van der Waals surface area contributed by atoms with Crippen molar-refractivity contribution in [2.75, 3.05) is 13.2 Å². The van der Waals surface area contributed by atoms with Gasteiger partial charge in [0.1, 0.15) is 5.78 Å². The maximum absolute atomic E-state index is 11.2. The molecular weight excluding hydrogens is 192 g/mol. The number of rotatable bonds is 7. The zero-order valence-corrected chi connectivity index (χ0v) is 9.24. The molecule has 86 valence electrons. The summed E-state index contributed by atoms with van der Waals surface area (Å²) < 4.78 is 10.8. The predicted octanol–water partition coefficient (Wildman–Crippen LogP) is 2.46. The Balaban J connectivity index is 1.95. The Bertz CT molecular complexity index is 195. The minimum atomic E-state index is -0.0340. The van der Waals surface area contributed by atoms with Gasteiger partial charge in [0, 0.05) is 12.8 Å². The smallest absolute Gasteiger partial charge is 0.157 e. The van der Waals surface area contributed by atoms with Crippen LogP contribution in [0, 0.1) is 0 Å². The lowest BCUT2D eigenvalue weighted by molar-refractivity contribution is -0.181. The van der Waals surface area contributed by atoms with Gasteiger partial charge in [-0.1, -0.05) is 6.08 Å². The van der Waals surface area contributed by atoms with E-state index in [2.05, 4.69) is 6.58 Å². The third kappa shape index (κ3) is 5.70. The molecule has 0 saturated carbocycles. The zero-order chi connectivity index (χ0) is 10.9. The van der Waals surface area contributed by atoms with Crippen LogP contribution in [0.4, 0.5) is 0 Å². The molecule has 1 rings (SSSR count). The quantitative estimate of drug-likeness (QED) is 0.480. The molecule has 0 aromatic rings. The highest BCUT2D eigenvalue weighted by Crippen LogP contribution is 2.13. The summed E-state index contributed by atoms with van der Waals surface area (Å²) >= 11 is 0. The van der Waals surface area contributed by atoms with Gasteiger partial charge in [0.2, 0.25) is 0 Å². The molecule has 1 saturated heterocycles. The Kier molecular flexibility index (Phi) is 6.28. The average Bonchev–Trinajstić information content (AvgIpc) is 2.26. The van der Waals surface area contributed by atoms with E-state index >= 15 is 0 Å². The fourth-order valence-electron chi connectivity index (χ4n) is 1.60. The van der Waals surface area contributed by atoms with Crippen molar-refractivity contribution in [1.29, 1.82) is 0 Å². The molecule has 3 heteroatoms. The second-order valence-corrected chi connectivity index (χ2v) is 3.80. The molecule has 1 aliphatic heterocycles. The fraction of sp³-hybridized carbons (Fsp3) is 0.750. The lowest BCUT2D eigenvalue weighted by atomic mass is 10.1. The van der Waals surface area contributed by atoms with Crippen molar-refractivity contribution < 1.29 is 14.3 Å². The molecule has 3 nitrogen and oxygen atoms in total. The van der Waals surface area contributed by atoms with E-state index in [-0.39, 0.29) is 12.1 Å². The molecule has 0 aliphatic carbocycles. The minimum Gasteiger partial charge on any atom is -0.353 e. The summed E-state index contributed by atoms with van der Waals surface area (Å²) in [5.41, 5.74) is 0. The molecule has 0 unspecified atom stereocenters. The summed E-state index contributed by atoms with van der Waals surface area (Å²) in [6.07, 6.45) is 6.59. The van der Waals surface area contributed by atoms with E-state index in [1.54, 1.807) is 6.08 Å². The number of hydrogen-bond acceptors (Lipinski definition) is 3. The van der Waals surface area contributed by atoms with Gasteiger partial charge in [-0.05, 0) is 25.7 Å². The normalized spacial score (nSPS) is 17.6. The number of Topliss-reactive ketones (excluding diaryl/α,β-unsaturated/α-hetero) is 1. The van der Waals surface area contributed by atoms with Crippen molar-refractivity contribution in [1.82, 2.24) is 0 Å². The Labute approximate surface area is 91.4 Å². The molecule has 0 amide bonds. The fourth-order valence-corrected chi connectivity index (χ4v) is 1.60. The minimum absolute atomic E-state index is 0.0340. The molecule has 1 fully saturated rings. The average molecular weight is 212 g/mol. The molecule has 0 spiro atoms. The lowest BCUT2D eigenvalue weighted by Crippen LogP contribution is -2.24. The van der Waals surface area contributed by atoms with E-state index in [0.717, 1.165) is 38.9 Å². The van der Waals surface area contributed by atoms with Gasteiger partial charge in [0.15, 0.2) is 6.29 Å². The Hall–Kier alpha value is -0.670. The van der Waals surface area contributed by atoms with E-state index in [1.807, 2.05) is 0 Å². The van der Waals surface area contributed by atoms with Gasteiger partial charge in [-0.25, -0.2) is 0 Å². The summed E-state index contributed by atoms with van der Waals surface area (Å²) in [5, 5.41) is 0. The maximum atomic E-state index is 11.2. The van der Waals surface area contributed by atoms with E-state index in [4.69, 9.17) is 9.47 Å². The summed E-state index contributed by atoms with van der Waals surface area (Å²) in [6.45, 7) is 5.15. The van der Waals surface area contributed by atoms with E-state index in [1.165, 1.54) is 0 Å². The molecular formula is C12H20O3. The van der Waals surface area contributed by atoms with Crippen LogP contribution in [-0.4, -0.2) is 25.3 Å². The monoisotopic (exact) mass is 212 g/mol. The Morgan fingerprint density at radius 2 is 2.07 bits per heavy atom. The second-order valence-electron chi connectivity index (χ2n) is 3.80. The molecule has 0 aromatic carbocycles. The molecule has 0 aromatic heterocycles. The molecule has 1 heterocycles. The largest absolute Gasteiger partial charge is 0.353 e. The Morgan fingerprint density at radius 3 is 2.73 bits per heavy atom. The zero-order valence-electron chi connectivity index (χ0n) is 9.24. The molecule has 1 aliphatic rings. The van der Waals surface area contributed by atoms with Gasteiger partial charge in [-0.2, -0.15) is 0 Å². The first-order valence-electron chi connectivity index (χ1n) is 5.68. The number of carbonyl (C=O) groups is 1. The molecule has 0 radical (unpaired) electrons. The molecule has 0 atom stereocenters. The van der Waals surface area contributed by atoms with E-state index in [9.17, 15) is 4.79 Å². The van der Waals surface area contributed by atoms with Gasteiger partial charge >= 0.3 is 0 Å². The lowest BCUT2D eigenvalue weighted by Gasteiger charge is -2.22. The van der Waals surface area contributed by atoms with Crippen molar-refractivity contribution in [2.45, 2.75) is 44.8 Å². The number of carbonyl (C=O) groups excluding carboxylic acids is 1. The maximum Gasteiger partial charge on any atom is 0.157 e. The SMILES string of the molecule is C=CCC(=O)CCCCC1OCCCO1. The summed E-state index contributed by atoms with van der Waals surface area (Å²) in [5.74, 6) is 0.274. The number of ether oxygens (including phenoxy) is 2. The van der Waals surface area contributed by atoms with Gasteiger partial charge in [0.05, 0.1) is 13.2 Å². The van der Waals surface area contributed by atoms with Crippen LogP contribution in [0.5, 0.6) is 0 Å². The standard InChI is InChI=1S/C12H20O3/c1-2-6-11(13)7-3-4-8-12-14-9-5-10-15-12/h2,12H,1,3-10H2. The summed E-state index contributed by atoms with van der Waals surface area (Å²) in [6, 6.07) is 0. The number of unbranched alkanes of at least 4 members (excludes halogenated alkanes) is 1. The molecule has 15 heavy (non-hydrogen) atoms. The first-order valence-corrected chi connectivity index (χ1v) is 5.68. The first kappa shape index (κ1) is 12.4. The highest BCUT2D eigenvalue weighted by atomic mass is 16.7. The summed E-state index contributed by atoms with van der Waals surface area (Å²) in [4.78, 5) is 11.2. The van der Waals surface area contributed by atoms with Crippen LogP contribution in [0.2, 0.25) is 0 Å². The van der Waals surface area contributed by atoms with Crippen LogP contribution in [0.25, 0.3) is 0 Å². The van der Waals surface area contributed by atoms with Crippen molar-refractivity contribution in [3.63, 3.8) is 0 Å². The van der Waals surface area contributed by atoms with Crippen LogP contribution >= 0.6 is 0 Å². The van der Waals surface area contributed by atoms with Crippen LogP contribution in [0.1, 0.15) is 38.5 Å². The van der Waals surface area contributed by atoms with Crippen molar-refractivity contribution >= 4 is 5.78 Å². The van der Waals surface area contributed by atoms with Crippen molar-refractivity contribution in [2.24, 2.45) is 0 Å². The van der Waals surface area contributed by atoms with Gasteiger partial charge < -0.3 is 9.47 Å². The van der Waals surface area contributed by atoms with Gasteiger partial charge in [0.25, 0.3) is 0 Å². The van der Waals surface area contributed by atoms with E-state index < -0.39 is 0 Å². The van der Waals surface area contributed by atoms with Crippen LogP contribution in [-0.2, 0) is 14.3 Å². The number of hydrogen-bond donors (Lipinski definition) is 0. The third-order valence-corrected chi connectivity index (χ3v) is 2.41. The number of allylic oxidation sites excluding steroid dienone is 1. The van der Waals surface area contributed by atoms with Crippen LogP contribution in [0.15, 0.2) is 12.7 Å². The van der Waals surface area contributed by atoms with Crippen molar-refractivity contribution in [3.05, 3.63) is 12.7 Å². The predicted molar refractivity (Wildman–Crippen MR) is 58.6 cm³/mol. The highest BCUT2D eigenvalue weighted by Gasteiger charge is 2.13. The Morgan fingerprint density at radius 1 is 1.33 bits per heavy atom. The van der Waals surface area contributed by atoms with Crippen molar-refractivity contribution in [3.8, 4) is 0 Å². The number of ketones is 1. The van der Waals surface area contributed by atoms with Crippen LogP contribution in [0.3, 0.4) is 0 Å². The topological polar surface area (TPSA) is 35.5 Å². The van der Waals surface area contributed by atoms with E-state index in [0.29, 0.717) is 12.8 Å². The first-order chi connectivity index (χ1) is 7.33. The molecule has 0 bridgehead atoms. The third-order valence-electron chi connectivity index (χ3n) is 2.41. The van der Waals surface area contributed by atoms with Gasteiger partial charge in [-0.15, -0.1) is 6.58 Å². The summed E-state index contributed by atoms with van der Waals surface area (Å²) in [7, 11) is 0. The van der Waals surface area contributed by atoms with Crippen LogP contribution < -0.4 is 0 Å².